The van der Waals surface area contributed by atoms with Crippen LogP contribution in [0.2, 0.25) is 5.02 Å². The molecule has 1 amide bonds. The number of likely N-dealkylation sites (tertiary alicyclic amines) is 1. The molecule has 6 heteroatoms. The van der Waals surface area contributed by atoms with Crippen molar-refractivity contribution in [3.63, 3.8) is 0 Å². The van der Waals surface area contributed by atoms with Crippen LogP contribution in [0.3, 0.4) is 0 Å². The lowest BCUT2D eigenvalue weighted by Gasteiger charge is -2.19. The first-order valence-electron chi connectivity index (χ1n) is 8.28. The number of anilines is 2. The van der Waals surface area contributed by atoms with Gasteiger partial charge in [0.15, 0.2) is 0 Å². The predicted molar refractivity (Wildman–Crippen MR) is 95.9 cm³/mol. The van der Waals surface area contributed by atoms with Crippen LogP contribution in [0.5, 0.6) is 0 Å². The highest BCUT2D eigenvalue weighted by Gasteiger charge is 2.19. The Bertz CT molecular complexity index is 727. The smallest absolute Gasteiger partial charge is 0.272 e. The summed E-state index contributed by atoms with van der Waals surface area (Å²) in [6, 6.07) is 7.41. The van der Waals surface area contributed by atoms with E-state index in [0.29, 0.717) is 16.5 Å². The first-order chi connectivity index (χ1) is 11.6. The number of hydrogen-bond acceptors (Lipinski definition) is 4. The molecule has 126 valence electrons. The molecule has 5 nitrogen and oxygen atoms in total. The van der Waals surface area contributed by atoms with E-state index in [0.717, 1.165) is 37.2 Å². The molecule has 1 aromatic carbocycles. The highest BCUT2D eigenvalue weighted by Crippen LogP contribution is 2.22. The van der Waals surface area contributed by atoms with Gasteiger partial charge < -0.3 is 10.2 Å². The Morgan fingerprint density at radius 1 is 1.12 bits per heavy atom. The number of carbonyl (C=O) groups is 1. The van der Waals surface area contributed by atoms with Crippen molar-refractivity contribution >= 4 is 29.0 Å². The van der Waals surface area contributed by atoms with Gasteiger partial charge in [-0.25, -0.2) is 9.97 Å². The first-order valence-corrected chi connectivity index (χ1v) is 8.66. The van der Waals surface area contributed by atoms with Crippen molar-refractivity contribution in [3.05, 3.63) is 46.9 Å². The number of carbonyl (C=O) groups excluding carboxylic acids is 1. The number of amides is 1. The van der Waals surface area contributed by atoms with Gasteiger partial charge in [0, 0.05) is 29.9 Å². The van der Waals surface area contributed by atoms with Crippen molar-refractivity contribution in [2.75, 3.05) is 18.4 Å². The maximum Gasteiger partial charge on any atom is 0.272 e. The van der Waals surface area contributed by atoms with Gasteiger partial charge in [0.1, 0.15) is 17.8 Å². The maximum atomic E-state index is 12.6. The SMILES string of the molecule is Cc1ccc(Nc2cc(C(=O)N3CCCCCC3)ncn2)cc1Cl. The fraction of sp³-hybridized carbons (Fsp3) is 0.389. The van der Waals surface area contributed by atoms with E-state index in [-0.39, 0.29) is 5.91 Å². The van der Waals surface area contributed by atoms with E-state index in [1.807, 2.05) is 30.0 Å². The second-order valence-corrected chi connectivity index (χ2v) is 6.49. The molecule has 0 atom stereocenters. The molecule has 0 spiro atoms. The van der Waals surface area contributed by atoms with Gasteiger partial charge in [-0.15, -0.1) is 0 Å². The van der Waals surface area contributed by atoms with E-state index in [1.54, 1.807) is 6.07 Å². The number of nitrogens with zero attached hydrogens (tertiary/aromatic N) is 3. The quantitative estimate of drug-likeness (QED) is 0.906. The number of halogens is 1. The lowest BCUT2D eigenvalue weighted by Crippen LogP contribution is -2.32. The zero-order valence-electron chi connectivity index (χ0n) is 13.8. The van der Waals surface area contributed by atoms with Crippen molar-refractivity contribution in [3.8, 4) is 0 Å². The molecule has 2 aromatic rings. The van der Waals surface area contributed by atoms with Gasteiger partial charge in [0.05, 0.1) is 0 Å². The molecule has 1 aromatic heterocycles. The molecule has 1 aliphatic heterocycles. The first kappa shape index (κ1) is 16.7. The van der Waals surface area contributed by atoms with E-state index >= 15 is 0 Å². The number of nitrogens with one attached hydrogen (secondary N) is 1. The average molecular weight is 345 g/mol. The lowest BCUT2D eigenvalue weighted by atomic mass is 10.2. The number of benzene rings is 1. The van der Waals surface area contributed by atoms with Gasteiger partial charge in [-0.2, -0.15) is 0 Å². The summed E-state index contributed by atoms with van der Waals surface area (Å²) in [6.07, 6.45) is 5.92. The Kier molecular flexibility index (Phi) is 5.30. The van der Waals surface area contributed by atoms with Crippen molar-refractivity contribution in [1.29, 1.82) is 0 Å². The van der Waals surface area contributed by atoms with E-state index in [4.69, 9.17) is 11.6 Å². The average Bonchev–Trinajstić information content (AvgIpc) is 2.87. The number of rotatable bonds is 3. The van der Waals surface area contributed by atoms with Crippen molar-refractivity contribution in [2.45, 2.75) is 32.6 Å². The minimum atomic E-state index is -0.0238. The van der Waals surface area contributed by atoms with Gasteiger partial charge in [0.2, 0.25) is 0 Å². The van der Waals surface area contributed by atoms with E-state index in [9.17, 15) is 4.79 Å². The number of hydrogen-bond donors (Lipinski definition) is 1. The van der Waals surface area contributed by atoms with Crippen LogP contribution >= 0.6 is 11.6 Å². The molecule has 1 N–H and O–H groups in total. The third-order valence-corrected chi connectivity index (χ3v) is 4.63. The molecule has 2 heterocycles. The fourth-order valence-electron chi connectivity index (χ4n) is 2.80. The Balaban J connectivity index is 1.75. The molecule has 0 bridgehead atoms. The van der Waals surface area contributed by atoms with Crippen molar-refractivity contribution in [1.82, 2.24) is 14.9 Å². The van der Waals surface area contributed by atoms with Crippen molar-refractivity contribution < 1.29 is 4.79 Å². The van der Waals surface area contributed by atoms with Gasteiger partial charge in [-0.1, -0.05) is 30.5 Å². The predicted octanol–water partition coefficient (Wildman–Crippen LogP) is 4.20. The Hall–Kier alpha value is -2.14. The molecule has 3 rings (SSSR count). The topological polar surface area (TPSA) is 58.1 Å². The molecular weight excluding hydrogens is 324 g/mol. The third-order valence-electron chi connectivity index (χ3n) is 4.22. The minimum Gasteiger partial charge on any atom is -0.340 e. The summed E-state index contributed by atoms with van der Waals surface area (Å²) < 4.78 is 0. The van der Waals surface area contributed by atoms with Crippen LogP contribution in [0.25, 0.3) is 0 Å². The standard InChI is InChI=1S/C18H21ClN4O/c1-13-6-7-14(10-15(13)19)22-17-11-16(20-12-21-17)18(24)23-8-4-2-3-5-9-23/h6-7,10-12H,2-5,8-9H2,1H3,(H,20,21,22). The molecule has 0 unspecified atom stereocenters. The molecule has 0 aliphatic carbocycles. The van der Waals surface area contributed by atoms with E-state index < -0.39 is 0 Å². The number of aryl methyl sites for hydroxylation is 1. The van der Waals surface area contributed by atoms with Crippen LogP contribution in [0.1, 0.15) is 41.7 Å². The van der Waals surface area contributed by atoms with Gasteiger partial charge in [-0.05, 0) is 37.5 Å². The summed E-state index contributed by atoms with van der Waals surface area (Å²) in [5.74, 6) is 0.562. The summed E-state index contributed by atoms with van der Waals surface area (Å²) in [5.41, 5.74) is 2.27. The molecule has 0 saturated carbocycles. The van der Waals surface area contributed by atoms with E-state index in [1.165, 1.54) is 19.2 Å². The molecular formula is C18H21ClN4O. The molecule has 0 radical (unpaired) electrons. The van der Waals surface area contributed by atoms with Crippen LogP contribution in [0.4, 0.5) is 11.5 Å². The summed E-state index contributed by atoms with van der Waals surface area (Å²) >= 11 is 6.15. The van der Waals surface area contributed by atoms with Gasteiger partial charge in [0.25, 0.3) is 5.91 Å². The largest absolute Gasteiger partial charge is 0.340 e. The zero-order valence-corrected chi connectivity index (χ0v) is 14.5. The van der Waals surface area contributed by atoms with Crippen LogP contribution in [-0.4, -0.2) is 33.9 Å². The van der Waals surface area contributed by atoms with Crippen LogP contribution in [-0.2, 0) is 0 Å². The Morgan fingerprint density at radius 2 is 1.88 bits per heavy atom. The summed E-state index contributed by atoms with van der Waals surface area (Å²) in [5, 5.41) is 3.87. The highest BCUT2D eigenvalue weighted by molar-refractivity contribution is 6.31. The fourth-order valence-corrected chi connectivity index (χ4v) is 2.98. The minimum absolute atomic E-state index is 0.0238. The zero-order chi connectivity index (χ0) is 16.9. The second kappa shape index (κ2) is 7.62. The van der Waals surface area contributed by atoms with E-state index in [2.05, 4.69) is 15.3 Å². The van der Waals surface area contributed by atoms with Crippen LogP contribution < -0.4 is 5.32 Å². The molecule has 24 heavy (non-hydrogen) atoms. The van der Waals surface area contributed by atoms with Crippen LogP contribution in [0.15, 0.2) is 30.6 Å². The monoisotopic (exact) mass is 344 g/mol. The molecule has 1 fully saturated rings. The van der Waals surface area contributed by atoms with Gasteiger partial charge in [-0.3, -0.25) is 4.79 Å². The lowest BCUT2D eigenvalue weighted by molar-refractivity contribution is 0.0755. The molecule has 1 saturated heterocycles. The Labute approximate surface area is 147 Å². The van der Waals surface area contributed by atoms with Gasteiger partial charge >= 0.3 is 0 Å². The maximum absolute atomic E-state index is 12.6. The summed E-state index contributed by atoms with van der Waals surface area (Å²) in [4.78, 5) is 22.9. The highest BCUT2D eigenvalue weighted by atomic mass is 35.5. The molecule has 1 aliphatic rings. The van der Waals surface area contributed by atoms with Crippen molar-refractivity contribution in [2.24, 2.45) is 0 Å². The normalized spacial score (nSPS) is 15.0. The third kappa shape index (κ3) is 4.03. The summed E-state index contributed by atoms with van der Waals surface area (Å²) in [6.45, 7) is 3.56. The van der Waals surface area contributed by atoms with Crippen LogP contribution in [0, 0.1) is 6.92 Å². The summed E-state index contributed by atoms with van der Waals surface area (Å²) in [7, 11) is 0. The number of aromatic nitrogens is 2. The second-order valence-electron chi connectivity index (χ2n) is 6.08. The Morgan fingerprint density at radius 3 is 2.58 bits per heavy atom.